The number of rotatable bonds is 6. The summed E-state index contributed by atoms with van der Waals surface area (Å²) >= 11 is 6.37. The third-order valence-electron chi connectivity index (χ3n) is 6.94. The monoisotopic (exact) mass is 415 g/mol. The minimum atomic E-state index is -0.305. The first-order chi connectivity index (χ1) is 13.9. The maximum Gasteiger partial charge on any atom is 0.228 e. The van der Waals surface area contributed by atoms with Crippen LogP contribution in [0.25, 0.3) is 0 Å². The number of anilines is 1. The second-order valence-electron chi connectivity index (χ2n) is 9.36. The second kappa shape index (κ2) is 9.39. The topological polar surface area (TPSA) is 47.3 Å². The number of nitriles is 1. The van der Waals surface area contributed by atoms with Crippen LogP contribution in [0.3, 0.4) is 0 Å². The Balaban J connectivity index is 1.81. The summed E-state index contributed by atoms with van der Waals surface area (Å²) in [4.78, 5) is 17.5. The van der Waals surface area contributed by atoms with Crippen LogP contribution in [0.1, 0.15) is 71.3 Å². The lowest BCUT2D eigenvalue weighted by molar-refractivity contribution is -0.139. The van der Waals surface area contributed by atoms with Gasteiger partial charge in [0.25, 0.3) is 0 Å². The van der Waals surface area contributed by atoms with Crippen LogP contribution in [-0.2, 0) is 4.79 Å². The average molecular weight is 416 g/mol. The normalized spacial score (nSPS) is 20.5. The Hall–Kier alpha value is -1.73. The zero-order valence-corrected chi connectivity index (χ0v) is 18.8. The highest BCUT2D eigenvalue weighted by Crippen LogP contribution is 2.33. The van der Waals surface area contributed by atoms with Crippen molar-refractivity contribution in [1.29, 1.82) is 5.26 Å². The third kappa shape index (κ3) is 5.07. The van der Waals surface area contributed by atoms with Crippen molar-refractivity contribution in [3.05, 3.63) is 28.8 Å². The minimum absolute atomic E-state index is 0.262. The molecule has 1 saturated heterocycles. The summed E-state index contributed by atoms with van der Waals surface area (Å²) in [6.07, 6.45) is 8.35. The Labute approximate surface area is 180 Å². The molecule has 0 N–H and O–H groups in total. The molecule has 0 unspecified atom stereocenters. The first-order valence-electron chi connectivity index (χ1n) is 11.1. The number of amides is 1. The van der Waals surface area contributed by atoms with Gasteiger partial charge in [0.1, 0.15) is 6.07 Å². The molecule has 1 aromatic rings. The van der Waals surface area contributed by atoms with Gasteiger partial charge in [-0.3, -0.25) is 4.79 Å². The van der Waals surface area contributed by atoms with E-state index in [-0.39, 0.29) is 11.3 Å². The molecule has 1 aromatic carbocycles. The summed E-state index contributed by atoms with van der Waals surface area (Å²) in [6, 6.07) is 8.24. The van der Waals surface area contributed by atoms with Crippen molar-refractivity contribution in [3.63, 3.8) is 0 Å². The van der Waals surface area contributed by atoms with Gasteiger partial charge < -0.3 is 9.80 Å². The van der Waals surface area contributed by atoms with Crippen LogP contribution >= 0.6 is 11.6 Å². The van der Waals surface area contributed by atoms with Gasteiger partial charge in [0.05, 0.1) is 10.6 Å². The Kier molecular flexibility index (Phi) is 7.11. The van der Waals surface area contributed by atoms with Gasteiger partial charge in [0, 0.05) is 36.8 Å². The molecule has 3 rings (SSSR count). The van der Waals surface area contributed by atoms with Crippen molar-refractivity contribution in [1.82, 2.24) is 4.90 Å². The van der Waals surface area contributed by atoms with Crippen molar-refractivity contribution >= 4 is 23.2 Å². The highest BCUT2D eigenvalue weighted by atomic mass is 35.5. The van der Waals surface area contributed by atoms with E-state index in [2.05, 4.69) is 17.9 Å². The predicted molar refractivity (Wildman–Crippen MR) is 119 cm³/mol. The summed E-state index contributed by atoms with van der Waals surface area (Å²) in [5.41, 5.74) is 1.29. The molecule has 2 fully saturated rings. The fourth-order valence-electron chi connectivity index (χ4n) is 4.65. The van der Waals surface area contributed by atoms with E-state index in [1.54, 1.807) is 0 Å². The van der Waals surface area contributed by atoms with Gasteiger partial charge in [0.15, 0.2) is 0 Å². The second-order valence-corrected chi connectivity index (χ2v) is 9.77. The number of carbonyl (C=O) groups excluding carboxylic acids is 1. The standard InChI is InChI=1S/C24H34ClN3O/c1-4-24(2,3)23(29)27-13-12-21(17-27)28(16-18-8-6-5-7-9-18)20-11-10-19(15-26)22(25)14-20/h10-11,14,18,21H,4-9,12-13,16-17H2,1-3H3/t21-/m0/s1. The van der Waals surface area contributed by atoms with Gasteiger partial charge in [-0.15, -0.1) is 0 Å². The highest BCUT2D eigenvalue weighted by Gasteiger charge is 2.37. The zero-order valence-electron chi connectivity index (χ0n) is 18.1. The van der Waals surface area contributed by atoms with Gasteiger partial charge in [-0.2, -0.15) is 5.26 Å². The van der Waals surface area contributed by atoms with E-state index in [4.69, 9.17) is 11.6 Å². The summed E-state index contributed by atoms with van der Waals surface area (Å²) < 4.78 is 0. The molecule has 158 valence electrons. The van der Waals surface area contributed by atoms with Crippen LogP contribution in [0.4, 0.5) is 5.69 Å². The molecule has 1 atom stereocenters. The Morgan fingerprint density at radius 3 is 2.62 bits per heavy atom. The van der Waals surface area contributed by atoms with Gasteiger partial charge in [0.2, 0.25) is 5.91 Å². The largest absolute Gasteiger partial charge is 0.366 e. The fourth-order valence-corrected chi connectivity index (χ4v) is 4.86. The number of hydrogen-bond acceptors (Lipinski definition) is 3. The molecule has 0 aromatic heterocycles. The van der Waals surface area contributed by atoms with E-state index in [0.717, 1.165) is 38.2 Å². The Morgan fingerprint density at radius 2 is 2.00 bits per heavy atom. The Morgan fingerprint density at radius 1 is 1.28 bits per heavy atom. The first-order valence-corrected chi connectivity index (χ1v) is 11.5. The Bertz CT molecular complexity index is 764. The van der Waals surface area contributed by atoms with Crippen molar-refractivity contribution in [2.45, 2.75) is 71.8 Å². The number of hydrogen-bond donors (Lipinski definition) is 0. The van der Waals surface area contributed by atoms with E-state index >= 15 is 0 Å². The van der Waals surface area contributed by atoms with E-state index in [1.165, 1.54) is 32.1 Å². The van der Waals surface area contributed by atoms with Crippen LogP contribution in [0, 0.1) is 22.7 Å². The molecule has 1 aliphatic heterocycles. The molecule has 0 bridgehead atoms. The van der Waals surface area contributed by atoms with E-state index in [9.17, 15) is 10.1 Å². The van der Waals surface area contributed by atoms with Crippen LogP contribution in [0.5, 0.6) is 0 Å². The lowest BCUT2D eigenvalue weighted by Gasteiger charge is -2.36. The minimum Gasteiger partial charge on any atom is -0.366 e. The number of benzene rings is 1. The SMILES string of the molecule is CCC(C)(C)C(=O)N1CC[C@H](N(CC2CCCCC2)c2ccc(C#N)c(Cl)c2)C1. The zero-order chi connectivity index (χ0) is 21.0. The van der Waals surface area contributed by atoms with Gasteiger partial charge in [-0.25, -0.2) is 0 Å². The van der Waals surface area contributed by atoms with E-state index in [1.807, 2.05) is 36.9 Å². The molecule has 1 saturated carbocycles. The maximum absolute atomic E-state index is 13.0. The molecular weight excluding hydrogens is 382 g/mol. The van der Waals surface area contributed by atoms with Gasteiger partial charge in [-0.1, -0.05) is 51.6 Å². The van der Waals surface area contributed by atoms with Crippen LogP contribution in [0.2, 0.25) is 5.02 Å². The summed E-state index contributed by atoms with van der Waals surface area (Å²) in [7, 11) is 0. The van der Waals surface area contributed by atoms with Crippen molar-refractivity contribution in [2.75, 3.05) is 24.5 Å². The fraction of sp³-hybridized carbons (Fsp3) is 0.667. The first kappa shape index (κ1) is 22.0. The number of halogens is 1. The number of likely N-dealkylation sites (tertiary alicyclic amines) is 1. The van der Waals surface area contributed by atoms with Gasteiger partial charge >= 0.3 is 0 Å². The molecule has 2 aliphatic rings. The maximum atomic E-state index is 13.0. The molecule has 5 heteroatoms. The van der Waals surface area contributed by atoms with Crippen molar-refractivity contribution in [3.8, 4) is 6.07 Å². The quantitative estimate of drug-likeness (QED) is 0.604. The predicted octanol–water partition coefficient (Wildman–Crippen LogP) is 5.64. The molecule has 1 aliphatic carbocycles. The molecule has 1 heterocycles. The average Bonchev–Trinajstić information content (AvgIpc) is 3.21. The van der Waals surface area contributed by atoms with Crippen LogP contribution < -0.4 is 4.90 Å². The smallest absolute Gasteiger partial charge is 0.228 e. The van der Waals surface area contributed by atoms with Gasteiger partial charge in [-0.05, 0) is 49.8 Å². The molecule has 29 heavy (non-hydrogen) atoms. The lowest BCUT2D eigenvalue weighted by atomic mass is 9.88. The third-order valence-corrected chi connectivity index (χ3v) is 7.25. The molecule has 4 nitrogen and oxygen atoms in total. The van der Waals surface area contributed by atoms with Crippen LogP contribution in [-0.4, -0.2) is 36.5 Å². The number of carbonyl (C=O) groups is 1. The van der Waals surface area contributed by atoms with Crippen molar-refractivity contribution < 1.29 is 4.79 Å². The highest BCUT2D eigenvalue weighted by molar-refractivity contribution is 6.32. The summed E-state index contributed by atoms with van der Waals surface area (Å²) in [5.74, 6) is 0.952. The van der Waals surface area contributed by atoms with Crippen LogP contribution in [0.15, 0.2) is 18.2 Å². The molecular formula is C24H34ClN3O. The van der Waals surface area contributed by atoms with E-state index in [0.29, 0.717) is 22.5 Å². The molecule has 0 radical (unpaired) electrons. The molecule has 1 amide bonds. The summed E-state index contributed by atoms with van der Waals surface area (Å²) in [6.45, 7) is 8.77. The molecule has 0 spiro atoms. The number of nitrogens with zero attached hydrogens (tertiary/aromatic N) is 3. The lowest BCUT2D eigenvalue weighted by Crippen LogP contribution is -2.44. The van der Waals surface area contributed by atoms with E-state index < -0.39 is 0 Å². The summed E-state index contributed by atoms with van der Waals surface area (Å²) in [5, 5.41) is 9.73. The van der Waals surface area contributed by atoms with Crippen molar-refractivity contribution in [2.24, 2.45) is 11.3 Å².